The summed E-state index contributed by atoms with van der Waals surface area (Å²) in [6, 6.07) is 29.3. The lowest BCUT2D eigenvalue weighted by molar-refractivity contribution is -0.119. The van der Waals surface area contributed by atoms with Crippen molar-refractivity contribution in [3.63, 3.8) is 0 Å². The second-order valence-electron chi connectivity index (χ2n) is 9.13. The predicted molar refractivity (Wildman–Crippen MR) is 159 cm³/mol. The number of ether oxygens (including phenoxy) is 1. The Morgan fingerprint density at radius 1 is 0.860 bits per heavy atom. The molecule has 0 unspecified atom stereocenters. The molecule has 0 bridgehead atoms. The lowest BCUT2D eigenvalue weighted by Gasteiger charge is -2.12. The lowest BCUT2D eigenvalue weighted by atomic mass is 9.98. The first-order valence-corrected chi connectivity index (χ1v) is 13.2. The third-order valence-corrected chi connectivity index (χ3v) is 6.50. The van der Waals surface area contributed by atoms with E-state index in [0.29, 0.717) is 22.5 Å². The van der Waals surface area contributed by atoms with Gasteiger partial charge in [-0.1, -0.05) is 72.3 Å². The van der Waals surface area contributed by atoms with Crippen LogP contribution in [0, 0.1) is 17.1 Å². The van der Waals surface area contributed by atoms with Crippen LogP contribution in [0.4, 0.5) is 16.0 Å². The minimum absolute atomic E-state index is 0.0324. The molecule has 1 aromatic heterocycles. The number of hydrogen-bond acceptors (Lipinski definition) is 6. The number of benzene rings is 4. The molecule has 0 atom stereocenters. The fourth-order valence-electron chi connectivity index (χ4n) is 4.26. The van der Waals surface area contributed by atoms with Gasteiger partial charge in [-0.05, 0) is 48.0 Å². The second kappa shape index (κ2) is 12.9. The average molecular weight is 594 g/mol. The number of rotatable bonds is 8. The predicted octanol–water partition coefficient (Wildman–Crippen LogP) is 7.33. The van der Waals surface area contributed by atoms with E-state index in [2.05, 4.69) is 16.7 Å². The Labute approximate surface area is 250 Å². The number of carbonyl (C=O) groups excluding carboxylic acids is 3. The Hall–Kier alpha value is -5.72. The molecule has 5 rings (SSSR count). The van der Waals surface area contributed by atoms with Crippen LogP contribution in [0.25, 0.3) is 22.5 Å². The van der Waals surface area contributed by atoms with E-state index in [-0.39, 0.29) is 33.3 Å². The topological polar surface area (TPSA) is 121 Å². The van der Waals surface area contributed by atoms with Crippen molar-refractivity contribution in [2.75, 3.05) is 17.2 Å². The van der Waals surface area contributed by atoms with Gasteiger partial charge in [-0.15, -0.1) is 0 Å². The van der Waals surface area contributed by atoms with Crippen molar-refractivity contribution in [2.24, 2.45) is 0 Å². The van der Waals surface area contributed by atoms with Crippen LogP contribution in [-0.2, 0) is 9.53 Å². The summed E-state index contributed by atoms with van der Waals surface area (Å²) in [6.07, 6.45) is 0. The van der Waals surface area contributed by atoms with E-state index in [9.17, 15) is 24.0 Å². The maximum Gasteiger partial charge on any atom is 0.340 e. The number of amides is 2. The van der Waals surface area contributed by atoms with Gasteiger partial charge < -0.3 is 14.5 Å². The summed E-state index contributed by atoms with van der Waals surface area (Å²) in [5.41, 5.74) is 2.13. The molecule has 0 aliphatic carbocycles. The molecule has 2 amide bonds. The first kappa shape index (κ1) is 28.8. The largest absolute Gasteiger partial charge is 0.452 e. The molecule has 43 heavy (non-hydrogen) atoms. The molecular weight excluding hydrogens is 573 g/mol. The molecule has 4 aromatic carbocycles. The zero-order valence-corrected chi connectivity index (χ0v) is 23.0. The van der Waals surface area contributed by atoms with Crippen molar-refractivity contribution in [1.82, 2.24) is 0 Å². The lowest BCUT2D eigenvalue weighted by Crippen LogP contribution is -2.22. The fourth-order valence-corrected chi connectivity index (χ4v) is 4.44. The van der Waals surface area contributed by atoms with Crippen LogP contribution < -0.4 is 10.6 Å². The van der Waals surface area contributed by atoms with Crippen molar-refractivity contribution in [1.29, 1.82) is 5.26 Å². The van der Waals surface area contributed by atoms with Gasteiger partial charge in [-0.3, -0.25) is 14.9 Å². The smallest absolute Gasteiger partial charge is 0.340 e. The summed E-state index contributed by atoms with van der Waals surface area (Å²) in [5, 5.41) is 15.3. The molecule has 0 aliphatic heterocycles. The Balaban J connectivity index is 1.34. The van der Waals surface area contributed by atoms with E-state index in [0.717, 1.165) is 12.1 Å². The van der Waals surface area contributed by atoms with Crippen molar-refractivity contribution in [3.8, 4) is 28.5 Å². The van der Waals surface area contributed by atoms with Crippen LogP contribution in [0.3, 0.4) is 0 Å². The van der Waals surface area contributed by atoms with E-state index in [1.807, 2.05) is 60.7 Å². The molecule has 0 saturated heterocycles. The van der Waals surface area contributed by atoms with Gasteiger partial charge in [-0.25, -0.2) is 9.18 Å². The number of anilines is 2. The minimum atomic E-state index is -0.920. The molecule has 0 aliphatic rings. The molecule has 0 fully saturated rings. The molecular formula is C33H21ClFN3O5. The zero-order valence-electron chi connectivity index (χ0n) is 22.3. The Bertz CT molecular complexity index is 1850. The first-order valence-electron chi connectivity index (χ1n) is 12.8. The number of furan rings is 1. The van der Waals surface area contributed by atoms with Crippen LogP contribution in [0.1, 0.15) is 26.3 Å². The van der Waals surface area contributed by atoms with Gasteiger partial charge in [0, 0.05) is 21.7 Å². The third kappa shape index (κ3) is 6.62. The van der Waals surface area contributed by atoms with Gasteiger partial charge >= 0.3 is 5.97 Å². The number of nitrogens with zero attached hydrogens (tertiary/aromatic N) is 1. The van der Waals surface area contributed by atoms with Gasteiger partial charge in [0.25, 0.3) is 11.8 Å². The monoisotopic (exact) mass is 593 g/mol. The third-order valence-electron chi connectivity index (χ3n) is 6.26. The van der Waals surface area contributed by atoms with E-state index in [1.54, 1.807) is 0 Å². The summed E-state index contributed by atoms with van der Waals surface area (Å²) in [5.74, 6) is -2.51. The summed E-state index contributed by atoms with van der Waals surface area (Å²) < 4.78 is 24.4. The molecule has 10 heteroatoms. The van der Waals surface area contributed by atoms with Crippen molar-refractivity contribution in [3.05, 3.63) is 131 Å². The fraction of sp³-hybridized carbons (Fsp3) is 0.0303. The molecule has 5 aromatic rings. The van der Waals surface area contributed by atoms with Crippen molar-refractivity contribution >= 4 is 41.0 Å². The highest BCUT2D eigenvalue weighted by Crippen LogP contribution is 2.41. The minimum Gasteiger partial charge on any atom is -0.452 e. The van der Waals surface area contributed by atoms with Crippen molar-refractivity contribution in [2.45, 2.75) is 0 Å². The highest BCUT2D eigenvalue weighted by atomic mass is 35.5. The maximum atomic E-state index is 13.2. The molecule has 0 radical (unpaired) electrons. The van der Waals surface area contributed by atoms with Crippen LogP contribution >= 0.6 is 11.6 Å². The number of nitriles is 1. The van der Waals surface area contributed by atoms with Crippen LogP contribution in [0.2, 0.25) is 5.02 Å². The SMILES string of the molecule is N#Cc1c(NC(=O)COC(=O)c2ccc(Cl)cc2NC(=O)c2ccc(F)cc2)oc(-c2ccccc2)c1-c1ccccc1. The second-order valence-corrected chi connectivity index (χ2v) is 9.57. The summed E-state index contributed by atoms with van der Waals surface area (Å²) in [7, 11) is 0. The molecule has 0 spiro atoms. The van der Waals surface area contributed by atoms with Gasteiger partial charge in [0.1, 0.15) is 23.2 Å². The van der Waals surface area contributed by atoms with E-state index in [1.165, 1.54) is 30.3 Å². The Morgan fingerprint density at radius 3 is 2.16 bits per heavy atom. The summed E-state index contributed by atoms with van der Waals surface area (Å²) in [4.78, 5) is 38.4. The standard InChI is InChI=1S/C33H21ClFN3O5/c34-23-13-16-25(27(17-23)37-31(40)22-11-14-24(35)15-12-22)33(41)42-19-28(39)38-32-26(18-36)29(20-7-3-1-4-8-20)30(43-32)21-9-5-2-6-10-21/h1-17H,19H2,(H,37,40)(H,38,39). The summed E-state index contributed by atoms with van der Waals surface area (Å²) in [6.45, 7) is -0.723. The van der Waals surface area contributed by atoms with Gasteiger partial charge in [0.05, 0.1) is 11.3 Å². The van der Waals surface area contributed by atoms with Crippen LogP contribution in [-0.4, -0.2) is 24.4 Å². The molecule has 1 heterocycles. The molecule has 2 N–H and O–H groups in total. The molecule has 212 valence electrons. The van der Waals surface area contributed by atoms with Crippen molar-refractivity contribution < 1.29 is 27.9 Å². The van der Waals surface area contributed by atoms with Gasteiger partial charge in [-0.2, -0.15) is 5.26 Å². The van der Waals surface area contributed by atoms with E-state index in [4.69, 9.17) is 20.8 Å². The number of nitrogens with one attached hydrogen (secondary N) is 2. The maximum absolute atomic E-state index is 13.2. The number of halogens is 2. The first-order chi connectivity index (χ1) is 20.8. The summed E-state index contributed by atoms with van der Waals surface area (Å²) >= 11 is 6.07. The molecule has 8 nitrogen and oxygen atoms in total. The van der Waals surface area contributed by atoms with E-state index < -0.39 is 30.2 Å². The molecule has 0 saturated carbocycles. The highest BCUT2D eigenvalue weighted by molar-refractivity contribution is 6.31. The number of esters is 1. The van der Waals surface area contributed by atoms with Crippen LogP contribution in [0.5, 0.6) is 0 Å². The van der Waals surface area contributed by atoms with Gasteiger partial charge in [0.2, 0.25) is 5.88 Å². The Kier molecular flexibility index (Phi) is 8.61. The number of carbonyl (C=O) groups is 3. The van der Waals surface area contributed by atoms with Gasteiger partial charge in [0.15, 0.2) is 6.61 Å². The van der Waals surface area contributed by atoms with Crippen LogP contribution in [0.15, 0.2) is 108 Å². The number of hydrogen-bond donors (Lipinski definition) is 2. The average Bonchev–Trinajstić information content (AvgIpc) is 3.39. The highest BCUT2D eigenvalue weighted by Gasteiger charge is 2.25. The van der Waals surface area contributed by atoms with E-state index >= 15 is 0 Å². The quantitative estimate of drug-likeness (QED) is 0.182. The zero-order chi connectivity index (χ0) is 30.3. The normalized spacial score (nSPS) is 10.4. The Morgan fingerprint density at radius 2 is 1.51 bits per heavy atom.